The van der Waals surface area contributed by atoms with Crippen LogP contribution in [0.25, 0.3) is 11.1 Å². The summed E-state index contributed by atoms with van der Waals surface area (Å²) in [4.78, 5) is 39.6. The number of carbonyl (C=O) groups excluding carboxylic acids is 2. The van der Waals surface area contributed by atoms with Gasteiger partial charge >= 0.3 is 12.1 Å². The van der Waals surface area contributed by atoms with Gasteiger partial charge in [0.25, 0.3) is 0 Å². The molecule has 1 aliphatic carbocycles. The lowest BCUT2D eigenvalue weighted by Gasteiger charge is -2.36. The second-order valence-corrected chi connectivity index (χ2v) is 10.7. The molecule has 8 heteroatoms. The fourth-order valence-corrected chi connectivity index (χ4v) is 5.40. The molecule has 2 aromatic carbocycles. The van der Waals surface area contributed by atoms with Crippen LogP contribution < -0.4 is 10.6 Å². The van der Waals surface area contributed by atoms with E-state index in [-0.39, 0.29) is 18.4 Å². The predicted molar refractivity (Wildman–Crippen MR) is 137 cm³/mol. The number of ether oxygens (including phenoxy) is 1. The average molecular weight is 494 g/mol. The van der Waals surface area contributed by atoms with Crippen molar-refractivity contribution in [1.82, 2.24) is 15.5 Å². The summed E-state index contributed by atoms with van der Waals surface area (Å²) in [5, 5.41) is 15.4. The molecule has 1 heterocycles. The van der Waals surface area contributed by atoms with Crippen molar-refractivity contribution >= 4 is 18.0 Å². The Balaban J connectivity index is 1.46. The van der Waals surface area contributed by atoms with E-state index in [9.17, 15) is 19.5 Å². The highest BCUT2D eigenvalue weighted by atomic mass is 16.5. The van der Waals surface area contributed by atoms with Crippen LogP contribution in [0.2, 0.25) is 0 Å². The number of carboxylic acids is 1. The Labute approximate surface area is 212 Å². The van der Waals surface area contributed by atoms with Crippen LogP contribution in [0.5, 0.6) is 0 Å². The smallest absolute Gasteiger partial charge is 0.407 e. The van der Waals surface area contributed by atoms with E-state index in [1.807, 2.05) is 45.0 Å². The molecule has 4 rings (SSSR count). The average Bonchev–Trinajstić information content (AvgIpc) is 3.40. The lowest BCUT2D eigenvalue weighted by atomic mass is 9.98. The highest BCUT2D eigenvalue weighted by Crippen LogP contribution is 2.44. The molecule has 0 spiro atoms. The highest BCUT2D eigenvalue weighted by molar-refractivity contribution is 5.85. The Morgan fingerprint density at radius 2 is 1.64 bits per heavy atom. The number of nitrogens with one attached hydrogen (secondary N) is 2. The summed E-state index contributed by atoms with van der Waals surface area (Å²) in [5.74, 6) is -1.36. The Bertz CT molecular complexity index is 1100. The van der Waals surface area contributed by atoms with E-state index in [0.717, 1.165) is 22.3 Å². The third-order valence-corrected chi connectivity index (χ3v) is 6.87. The molecule has 0 aromatic heterocycles. The van der Waals surface area contributed by atoms with E-state index in [1.165, 1.54) is 0 Å². The minimum Gasteiger partial charge on any atom is -0.480 e. The van der Waals surface area contributed by atoms with E-state index < -0.39 is 35.7 Å². The zero-order valence-corrected chi connectivity index (χ0v) is 21.3. The van der Waals surface area contributed by atoms with Gasteiger partial charge in [-0.3, -0.25) is 14.5 Å². The van der Waals surface area contributed by atoms with Gasteiger partial charge in [-0.15, -0.1) is 0 Å². The molecule has 0 saturated carbocycles. The molecule has 1 fully saturated rings. The van der Waals surface area contributed by atoms with Gasteiger partial charge in [0, 0.05) is 11.5 Å². The first-order chi connectivity index (χ1) is 17.1. The molecule has 36 heavy (non-hydrogen) atoms. The number of rotatable bonds is 7. The summed E-state index contributed by atoms with van der Waals surface area (Å²) in [5.41, 5.74) is 4.01. The molecule has 2 aromatic rings. The Morgan fingerprint density at radius 1 is 1.06 bits per heavy atom. The lowest BCUT2D eigenvalue weighted by Crippen LogP contribution is -2.61. The standard InChI is InChI=1S/C28H35N3O5/c1-17(24(25(32)30-28(2,3)4)31-15-9-14-23(31)26(33)34)29-27(35)36-16-22-20-12-7-5-10-18(20)19-11-6-8-13-21(19)22/h5-8,10-13,17,22-24H,9,14-16H2,1-4H3,(H,29,35)(H,30,32)(H,33,34)/t17-,23-,24+/m0/s1. The van der Waals surface area contributed by atoms with Gasteiger partial charge in [0.2, 0.25) is 5.91 Å². The Morgan fingerprint density at radius 3 is 2.19 bits per heavy atom. The zero-order valence-electron chi connectivity index (χ0n) is 21.3. The minimum absolute atomic E-state index is 0.0755. The molecule has 0 bridgehead atoms. The molecule has 192 valence electrons. The number of hydrogen-bond acceptors (Lipinski definition) is 5. The van der Waals surface area contributed by atoms with Crippen molar-refractivity contribution < 1.29 is 24.2 Å². The largest absolute Gasteiger partial charge is 0.480 e. The maximum absolute atomic E-state index is 13.2. The Hall–Kier alpha value is -3.39. The van der Waals surface area contributed by atoms with Crippen LogP contribution in [0, 0.1) is 0 Å². The SMILES string of the molecule is C[C@H](NC(=O)OCC1c2ccccc2-c2ccccc21)[C@H](C(=O)NC(C)(C)C)N1CCC[C@H]1C(=O)O. The number of nitrogens with zero attached hydrogens (tertiary/aromatic N) is 1. The summed E-state index contributed by atoms with van der Waals surface area (Å²) >= 11 is 0. The number of carbonyl (C=O) groups is 3. The van der Waals surface area contributed by atoms with Gasteiger partial charge < -0.3 is 20.5 Å². The van der Waals surface area contributed by atoms with Gasteiger partial charge in [-0.2, -0.15) is 0 Å². The third-order valence-electron chi connectivity index (χ3n) is 6.87. The van der Waals surface area contributed by atoms with Crippen molar-refractivity contribution in [3.05, 3.63) is 59.7 Å². The maximum atomic E-state index is 13.2. The molecule has 2 amide bonds. The first kappa shape index (κ1) is 25.7. The first-order valence-corrected chi connectivity index (χ1v) is 12.5. The third kappa shape index (κ3) is 5.38. The molecule has 0 unspecified atom stereocenters. The van der Waals surface area contributed by atoms with Gasteiger partial charge in [0.1, 0.15) is 18.7 Å². The predicted octanol–water partition coefficient (Wildman–Crippen LogP) is 3.75. The van der Waals surface area contributed by atoms with E-state index in [4.69, 9.17) is 4.74 Å². The maximum Gasteiger partial charge on any atom is 0.407 e. The summed E-state index contributed by atoms with van der Waals surface area (Å²) in [7, 11) is 0. The molecule has 0 radical (unpaired) electrons. The van der Waals surface area contributed by atoms with Crippen molar-refractivity contribution in [2.45, 2.75) is 70.1 Å². The second kappa shape index (κ2) is 10.3. The van der Waals surface area contributed by atoms with Crippen LogP contribution in [0.1, 0.15) is 57.6 Å². The molecule has 2 aliphatic rings. The number of benzene rings is 2. The molecule has 1 aliphatic heterocycles. The summed E-state index contributed by atoms with van der Waals surface area (Å²) in [6.45, 7) is 7.94. The van der Waals surface area contributed by atoms with Gasteiger partial charge in [-0.1, -0.05) is 48.5 Å². The van der Waals surface area contributed by atoms with Gasteiger partial charge in [-0.25, -0.2) is 4.79 Å². The minimum atomic E-state index is -0.964. The molecular formula is C28H35N3O5. The lowest BCUT2D eigenvalue weighted by molar-refractivity contribution is -0.144. The topological polar surface area (TPSA) is 108 Å². The number of carboxylic acid groups (broad SMARTS) is 1. The van der Waals surface area contributed by atoms with Crippen LogP contribution in [-0.4, -0.2) is 64.8 Å². The van der Waals surface area contributed by atoms with E-state index in [0.29, 0.717) is 19.4 Å². The van der Waals surface area contributed by atoms with Crippen molar-refractivity contribution in [2.24, 2.45) is 0 Å². The second-order valence-electron chi connectivity index (χ2n) is 10.7. The van der Waals surface area contributed by atoms with E-state index in [2.05, 4.69) is 34.9 Å². The van der Waals surface area contributed by atoms with E-state index >= 15 is 0 Å². The summed E-state index contributed by atoms with van der Waals surface area (Å²) < 4.78 is 5.66. The number of aliphatic carboxylic acids is 1. The normalized spacial score (nSPS) is 19.2. The van der Waals surface area contributed by atoms with Crippen LogP contribution in [0.15, 0.2) is 48.5 Å². The van der Waals surface area contributed by atoms with Gasteiger partial charge in [0.15, 0.2) is 0 Å². The van der Waals surface area contributed by atoms with Crippen molar-refractivity contribution in [3.8, 4) is 11.1 Å². The van der Waals surface area contributed by atoms with E-state index in [1.54, 1.807) is 11.8 Å². The van der Waals surface area contributed by atoms with Crippen molar-refractivity contribution in [3.63, 3.8) is 0 Å². The first-order valence-electron chi connectivity index (χ1n) is 12.5. The molecule has 1 saturated heterocycles. The van der Waals surface area contributed by atoms with Gasteiger partial charge in [0.05, 0.1) is 6.04 Å². The quantitative estimate of drug-likeness (QED) is 0.542. The van der Waals surface area contributed by atoms with Gasteiger partial charge in [-0.05, 0) is 69.3 Å². The van der Waals surface area contributed by atoms with Crippen LogP contribution in [0.4, 0.5) is 4.79 Å². The zero-order chi connectivity index (χ0) is 26.0. The number of likely N-dealkylation sites (tertiary alicyclic amines) is 1. The number of hydrogen-bond donors (Lipinski definition) is 3. The monoisotopic (exact) mass is 493 g/mol. The Kier molecular flexibility index (Phi) is 7.36. The van der Waals surface area contributed by atoms with Crippen LogP contribution in [-0.2, 0) is 14.3 Å². The molecule has 3 N–H and O–H groups in total. The van der Waals surface area contributed by atoms with Crippen LogP contribution >= 0.6 is 0 Å². The molecule has 8 nitrogen and oxygen atoms in total. The fourth-order valence-electron chi connectivity index (χ4n) is 5.40. The summed E-state index contributed by atoms with van der Waals surface area (Å²) in [6.07, 6.45) is 0.504. The fraction of sp³-hybridized carbons (Fsp3) is 0.464. The van der Waals surface area contributed by atoms with Crippen molar-refractivity contribution in [2.75, 3.05) is 13.2 Å². The number of fused-ring (bicyclic) bond motifs is 3. The molecule has 3 atom stereocenters. The van der Waals surface area contributed by atoms with Crippen molar-refractivity contribution in [1.29, 1.82) is 0 Å². The van der Waals surface area contributed by atoms with Crippen LogP contribution in [0.3, 0.4) is 0 Å². The summed E-state index contributed by atoms with van der Waals surface area (Å²) in [6, 6.07) is 13.9. The molecular weight excluding hydrogens is 458 g/mol. The highest BCUT2D eigenvalue weighted by Gasteiger charge is 2.42. The number of amides is 2. The number of alkyl carbamates (subject to hydrolysis) is 1.